The molecule has 0 unspecified atom stereocenters. The van der Waals surface area contributed by atoms with Crippen molar-refractivity contribution in [1.82, 2.24) is 0 Å². The van der Waals surface area contributed by atoms with Crippen molar-refractivity contribution in [1.29, 1.82) is 0 Å². The highest BCUT2D eigenvalue weighted by Gasteiger charge is 2.36. The van der Waals surface area contributed by atoms with Gasteiger partial charge in [0.05, 0.1) is 0 Å². The van der Waals surface area contributed by atoms with E-state index in [9.17, 15) is 4.79 Å². The Bertz CT molecular complexity index is 157. The summed E-state index contributed by atoms with van der Waals surface area (Å²) in [5.41, 5.74) is 4.74. The number of carboxylic acid groups (broad SMARTS) is 1. The number of carbonyl (C=O) groups is 1. The molecule has 0 aromatic rings. The minimum absolute atomic E-state index is 0.0125. The summed E-state index contributed by atoms with van der Waals surface area (Å²) in [6.07, 6.45) is 2.43. The van der Waals surface area contributed by atoms with Crippen LogP contribution in [0, 0.1) is 5.92 Å². The second kappa shape index (κ2) is 4.45. The lowest BCUT2D eigenvalue weighted by molar-refractivity contribution is -0.145. The first kappa shape index (κ1) is 11.4. The lowest BCUT2D eigenvalue weighted by Gasteiger charge is -2.28. The molecule has 0 spiro atoms. The van der Waals surface area contributed by atoms with Crippen LogP contribution in [0.25, 0.3) is 0 Å². The number of rotatable bonds is 5. The Morgan fingerprint density at radius 2 is 2.08 bits per heavy atom. The van der Waals surface area contributed by atoms with Gasteiger partial charge in [-0.3, -0.25) is 4.79 Å². The van der Waals surface area contributed by atoms with Crippen molar-refractivity contribution < 1.29 is 9.90 Å². The van der Waals surface area contributed by atoms with E-state index in [2.05, 4.69) is 0 Å². The lowest BCUT2D eigenvalue weighted by Crippen LogP contribution is -2.52. The smallest absolute Gasteiger partial charge is 0.323 e. The predicted octanol–water partition coefficient (Wildman–Crippen LogP) is 1.61. The fourth-order valence-corrected chi connectivity index (χ4v) is 1.11. The van der Waals surface area contributed by atoms with Gasteiger partial charge in [-0.2, -0.15) is 0 Å². The molecule has 0 rings (SSSR count). The molecule has 0 aromatic carbocycles. The van der Waals surface area contributed by atoms with Gasteiger partial charge in [-0.1, -0.05) is 33.6 Å². The lowest BCUT2D eigenvalue weighted by atomic mass is 9.83. The molecule has 0 fully saturated rings. The van der Waals surface area contributed by atoms with Gasteiger partial charge in [0.1, 0.15) is 5.54 Å². The normalized spacial score (nSPS) is 16.1. The Kier molecular flexibility index (Phi) is 4.24. The highest BCUT2D eigenvalue weighted by molar-refractivity contribution is 5.78. The molecular formula is C9H19NO2. The Morgan fingerprint density at radius 1 is 1.58 bits per heavy atom. The molecule has 0 aliphatic rings. The highest BCUT2D eigenvalue weighted by Crippen LogP contribution is 2.21. The summed E-state index contributed by atoms with van der Waals surface area (Å²) in [6.45, 7) is 5.73. The van der Waals surface area contributed by atoms with Crippen LogP contribution in [-0.2, 0) is 4.79 Å². The van der Waals surface area contributed by atoms with E-state index < -0.39 is 11.5 Å². The molecule has 1 atom stereocenters. The first-order valence-corrected chi connectivity index (χ1v) is 4.47. The monoisotopic (exact) mass is 173 g/mol. The molecule has 0 radical (unpaired) electrons. The van der Waals surface area contributed by atoms with Crippen molar-refractivity contribution >= 4 is 5.97 Å². The van der Waals surface area contributed by atoms with Gasteiger partial charge in [-0.05, 0) is 12.3 Å². The maximum absolute atomic E-state index is 10.8. The van der Waals surface area contributed by atoms with Crippen LogP contribution in [0.3, 0.4) is 0 Å². The minimum Gasteiger partial charge on any atom is -0.480 e. The third-order valence-electron chi connectivity index (χ3n) is 2.37. The Balaban J connectivity index is 4.29. The molecule has 0 amide bonds. The van der Waals surface area contributed by atoms with E-state index in [4.69, 9.17) is 10.8 Å². The predicted molar refractivity (Wildman–Crippen MR) is 48.9 cm³/mol. The summed E-state index contributed by atoms with van der Waals surface area (Å²) < 4.78 is 0. The number of unbranched alkanes of at least 4 members (excludes halogenated alkanes) is 1. The molecule has 0 saturated carbocycles. The van der Waals surface area contributed by atoms with E-state index in [0.717, 1.165) is 12.8 Å². The molecule has 0 aromatic heterocycles. The van der Waals surface area contributed by atoms with Crippen LogP contribution in [0.5, 0.6) is 0 Å². The van der Waals surface area contributed by atoms with Crippen LogP contribution in [0.15, 0.2) is 0 Å². The van der Waals surface area contributed by atoms with Gasteiger partial charge in [0.15, 0.2) is 0 Å². The van der Waals surface area contributed by atoms with E-state index in [0.29, 0.717) is 6.42 Å². The van der Waals surface area contributed by atoms with Gasteiger partial charge in [0.25, 0.3) is 0 Å². The summed E-state index contributed by atoms with van der Waals surface area (Å²) >= 11 is 0. The van der Waals surface area contributed by atoms with Crippen LogP contribution in [-0.4, -0.2) is 16.6 Å². The number of nitrogens with two attached hydrogens (primary N) is 1. The quantitative estimate of drug-likeness (QED) is 0.664. The van der Waals surface area contributed by atoms with E-state index in [1.807, 2.05) is 20.8 Å². The Labute approximate surface area is 74.0 Å². The van der Waals surface area contributed by atoms with Gasteiger partial charge in [-0.25, -0.2) is 0 Å². The average molecular weight is 173 g/mol. The molecule has 0 heterocycles. The van der Waals surface area contributed by atoms with Crippen LogP contribution in [0.1, 0.15) is 40.0 Å². The fraction of sp³-hybridized carbons (Fsp3) is 0.889. The number of hydrogen-bond donors (Lipinski definition) is 2. The zero-order valence-electron chi connectivity index (χ0n) is 8.13. The minimum atomic E-state index is -1.03. The summed E-state index contributed by atoms with van der Waals surface area (Å²) in [5, 5.41) is 8.90. The molecule has 3 N–H and O–H groups in total. The summed E-state index contributed by atoms with van der Waals surface area (Å²) in [6, 6.07) is 0. The first-order valence-electron chi connectivity index (χ1n) is 4.47. The van der Waals surface area contributed by atoms with Crippen LogP contribution in [0.2, 0.25) is 0 Å². The SMILES string of the molecule is CCCC[C@@](N)(C(=O)O)C(C)C. The zero-order chi connectivity index (χ0) is 9.78. The van der Waals surface area contributed by atoms with Crippen LogP contribution in [0.4, 0.5) is 0 Å². The zero-order valence-corrected chi connectivity index (χ0v) is 8.13. The van der Waals surface area contributed by atoms with Crippen molar-refractivity contribution in [3.05, 3.63) is 0 Å². The standard InChI is InChI=1S/C9H19NO2/c1-4-5-6-9(10,7(2)3)8(11)12/h7H,4-6,10H2,1-3H3,(H,11,12)/t9-/m0/s1. The topological polar surface area (TPSA) is 63.3 Å². The third kappa shape index (κ3) is 2.48. The van der Waals surface area contributed by atoms with Crippen molar-refractivity contribution in [2.75, 3.05) is 0 Å². The second-order valence-corrected chi connectivity index (χ2v) is 3.60. The first-order chi connectivity index (χ1) is 5.45. The van der Waals surface area contributed by atoms with E-state index in [-0.39, 0.29) is 5.92 Å². The van der Waals surface area contributed by atoms with Crippen molar-refractivity contribution in [2.24, 2.45) is 11.7 Å². The van der Waals surface area contributed by atoms with Gasteiger partial charge >= 0.3 is 5.97 Å². The number of carboxylic acids is 1. The van der Waals surface area contributed by atoms with E-state index in [1.165, 1.54) is 0 Å². The maximum atomic E-state index is 10.8. The second-order valence-electron chi connectivity index (χ2n) is 3.60. The fourth-order valence-electron chi connectivity index (χ4n) is 1.11. The molecule has 3 nitrogen and oxygen atoms in total. The highest BCUT2D eigenvalue weighted by atomic mass is 16.4. The summed E-state index contributed by atoms with van der Waals surface area (Å²) in [7, 11) is 0. The summed E-state index contributed by atoms with van der Waals surface area (Å²) in [4.78, 5) is 10.8. The van der Waals surface area contributed by atoms with Crippen molar-refractivity contribution in [2.45, 2.75) is 45.6 Å². The van der Waals surface area contributed by atoms with Crippen LogP contribution >= 0.6 is 0 Å². The average Bonchev–Trinajstić information content (AvgIpc) is 1.99. The third-order valence-corrected chi connectivity index (χ3v) is 2.37. The molecule has 72 valence electrons. The molecule has 0 saturated heterocycles. The van der Waals surface area contributed by atoms with Crippen molar-refractivity contribution in [3.8, 4) is 0 Å². The van der Waals surface area contributed by atoms with Gasteiger partial charge in [0, 0.05) is 0 Å². The molecule has 3 heteroatoms. The van der Waals surface area contributed by atoms with E-state index in [1.54, 1.807) is 0 Å². The molecule has 0 bridgehead atoms. The Morgan fingerprint density at radius 3 is 2.33 bits per heavy atom. The maximum Gasteiger partial charge on any atom is 0.323 e. The largest absolute Gasteiger partial charge is 0.480 e. The molecule has 0 aliphatic heterocycles. The van der Waals surface area contributed by atoms with Crippen LogP contribution < -0.4 is 5.73 Å². The van der Waals surface area contributed by atoms with Crippen molar-refractivity contribution in [3.63, 3.8) is 0 Å². The van der Waals surface area contributed by atoms with Gasteiger partial charge in [-0.15, -0.1) is 0 Å². The molecule has 0 aliphatic carbocycles. The van der Waals surface area contributed by atoms with E-state index >= 15 is 0 Å². The number of hydrogen-bond acceptors (Lipinski definition) is 2. The Hall–Kier alpha value is -0.570. The van der Waals surface area contributed by atoms with Gasteiger partial charge < -0.3 is 10.8 Å². The molecule has 12 heavy (non-hydrogen) atoms. The number of aliphatic carboxylic acids is 1. The van der Waals surface area contributed by atoms with Gasteiger partial charge in [0.2, 0.25) is 0 Å². The molecular weight excluding hydrogens is 154 g/mol. The summed E-state index contributed by atoms with van der Waals surface area (Å²) in [5.74, 6) is -0.896.